The third kappa shape index (κ3) is 5.25. The van der Waals surface area contributed by atoms with Gasteiger partial charge in [0.15, 0.2) is 0 Å². The maximum atomic E-state index is 11.7. The summed E-state index contributed by atoms with van der Waals surface area (Å²) >= 11 is 1.59. The Morgan fingerprint density at radius 3 is 2.88 bits per heavy atom. The van der Waals surface area contributed by atoms with Crippen LogP contribution >= 0.6 is 11.3 Å². The van der Waals surface area contributed by atoms with Gasteiger partial charge in [-0.05, 0) is 6.92 Å². The van der Waals surface area contributed by atoms with Gasteiger partial charge in [0, 0.05) is 19.5 Å². The molecule has 0 fully saturated rings. The number of rotatable bonds is 7. The Balaban J connectivity index is 2.27. The third-order valence-electron chi connectivity index (χ3n) is 2.15. The van der Waals surface area contributed by atoms with E-state index >= 15 is 0 Å². The molecular formula is C11H18N2O3S. The van der Waals surface area contributed by atoms with Crippen LogP contribution in [0.1, 0.15) is 10.7 Å². The van der Waals surface area contributed by atoms with Crippen LogP contribution in [0.2, 0.25) is 0 Å². The first-order valence-electron chi connectivity index (χ1n) is 5.35. The lowest BCUT2D eigenvalue weighted by Crippen LogP contribution is -2.30. The molecule has 0 aliphatic rings. The van der Waals surface area contributed by atoms with Crippen LogP contribution in [0, 0.1) is 6.92 Å². The Morgan fingerprint density at radius 1 is 1.53 bits per heavy atom. The second-order valence-corrected chi connectivity index (χ2v) is 4.72. The number of carbonyl (C=O) groups excluding carboxylic acids is 1. The molecular weight excluding hydrogens is 240 g/mol. The van der Waals surface area contributed by atoms with E-state index in [4.69, 9.17) is 9.47 Å². The predicted molar refractivity (Wildman–Crippen MR) is 66.0 cm³/mol. The molecule has 0 aromatic carbocycles. The van der Waals surface area contributed by atoms with Gasteiger partial charge in [0.25, 0.3) is 0 Å². The van der Waals surface area contributed by atoms with Crippen molar-refractivity contribution < 1.29 is 14.3 Å². The summed E-state index contributed by atoms with van der Waals surface area (Å²) in [6.07, 6.45) is 0. The van der Waals surface area contributed by atoms with Crippen LogP contribution in [0.3, 0.4) is 0 Å². The summed E-state index contributed by atoms with van der Waals surface area (Å²) in [4.78, 5) is 17.6. The standard InChI is InChI=1S/C11H18N2O3S/c1-9-12-10(8-17-9)6-13(2)11(14)7-16-5-4-15-3/h8H,4-7H2,1-3H3. The van der Waals surface area contributed by atoms with Crippen molar-refractivity contribution in [1.82, 2.24) is 9.88 Å². The molecule has 1 aromatic heterocycles. The maximum Gasteiger partial charge on any atom is 0.248 e. The van der Waals surface area contributed by atoms with Crippen LogP contribution in [0.5, 0.6) is 0 Å². The van der Waals surface area contributed by atoms with Gasteiger partial charge in [0.2, 0.25) is 5.91 Å². The SMILES string of the molecule is COCCOCC(=O)N(C)Cc1csc(C)n1. The second kappa shape index (κ2) is 7.37. The van der Waals surface area contributed by atoms with Crippen molar-refractivity contribution in [3.05, 3.63) is 16.1 Å². The molecule has 6 heteroatoms. The minimum Gasteiger partial charge on any atom is -0.382 e. The van der Waals surface area contributed by atoms with E-state index in [1.54, 1.807) is 30.4 Å². The number of methoxy groups -OCH3 is 1. The number of hydrogen-bond donors (Lipinski definition) is 0. The average Bonchev–Trinajstić information content (AvgIpc) is 2.70. The molecule has 0 N–H and O–H groups in total. The summed E-state index contributed by atoms with van der Waals surface area (Å²) in [5, 5.41) is 2.97. The molecule has 1 rings (SSSR count). The molecule has 0 saturated carbocycles. The zero-order valence-corrected chi connectivity index (χ0v) is 11.2. The van der Waals surface area contributed by atoms with Gasteiger partial charge in [0.05, 0.1) is 30.5 Å². The minimum atomic E-state index is -0.0493. The Labute approximate surface area is 105 Å². The van der Waals surface area contributed by atoms with Crippen molar-refractivity contribution >= 4 is 17.2 Å². The van der Waals surface area contributed by atoms with Crippen LogP contribution in [-0.4, -0.2) is 49.8 Å². The van der Waals surface area contributed by atoms with Gasteiger partial charge < -0.3 is 14.4 Å². The lowest BCUT2D eigenvalue weighted by atomic mass is 10.4. The van der Waals surface area contributed by atoms with E-state index in [9.17, 15) is 4.79 Å². The Kier molecular flexibility index (Phi) is 6.10. The second-order valence-electron chi connectivity index (χ2n) is 3.65. The average molecular weight is 258 g/mol. The van der Waals surface area contributed by atoms with E-state index < -0.39 is 0 Å². The highest BCUT2D eigenvalue weighted by Gasteiger charge is 2.10. The fourth-order valence-electron chi connectivity index (χ4n) is 1.22. The molecule has 1 aromatic rings. The molecule has 0 spiro atoms. The fraction of sp³-hybridized carbons (Fsp3) is 0.636. The van der Waals surface area contributed by atoms with E-state index in [-0.39, 0.29) is 12.5 Å². The molecule has 0 atom stereocenters. The Bertz CT molecular complexity index is 354. The monoisotopic (exact) mass is 258 g/mol. The smallest absolute Gasteiger partial charge is 0.248 e. The largest absolute Gasteiger partial charge is 0.382 e. The number of hydrogen-bond acceptors (Lipinski definition) is 5. The van der Waals surface area contributed by atoms with Gasteiger partial charge in [0.1, 0.15) is 6.61 Å². The third-order valence-corrected chi connectivity index (χ3v) is 2.97. The molecule has 96 valence electrons. The van der Waals surface area contributed by atoms with E-state index in [2.05, 4.69) is 4.98 Å². The number of nitrogens with zero attached hydrogens (tertiary/aromatic N) is 2. The summed E-state index contributed by atoms with van der Waals surface area (Å²) in [5.74, 6) is -0.0493. The van der Waals surface area contributed by atoms with Gasteiger partial charge in [-0.25, -0.2) is 4.98 Å². The van der Waals surface area contributed by atoms with Crippen molar-refractivity contribution in [1.29, 1.82) is 0 Å². The van der Waals surface area contributed by atoms with Crippen LogP contribution in [0.15, 0.2) is 5.38 Å². The minimum absolute atomic E-state index is 0.0493. The summed E-state index contributed by atoms with van der Waals surface area (Å²) in [6.45, 7) is 3.50. The summed E-state index contributed by atoms with van der Waals surface area (Å²) < 4.78 is 9.99. The predicted octanol–water partition coefficient (Wildman–Crippen LogP) is 1.07. The highest BCUT2D eigenvalue weighted by molar-refractivity contribution is 7.09. The topological polar surface area (TPSA) is 51.7 Å². The van der Waals surface area contributed by atoms with Crippen LogP contribution < -0.4 is 0 Å². The van der Waals surface area contributed by atoms with E-state index in [0.29, 0.717) is 19.8 Å². The lowest BCUT2D eigenvalue weighted by molar-refractivity contribution is -0.135. The fourth-order valence-corrected chi connectivity index (χ4v) is 1.83. The summed E-state index contributed by atoms with van der Waals surface area (Å²) in [7, 11) is 3.35. The van der Waals surface area contributed by atoms with E-state index in [1.165, 1.54) is 0 Å². The van der Waals surface area contributed by atoms with Gasteiger partial charge in [-0.2, -0.15) is 0 Å². The van der Waals surface area contributed by atoms with Crippen LogP contribution in [-0.2, 0) is 20.8 Å². The molecule has 1 heterocycles. The summed E-state index contributed by atoms with van der Waals surface area (Å²) in [5.41, 5.74) is 0.917. The first-order chi connectivity index (χ1) is 8.13. The molecule has 0 radical (unpaired) electrons. The van der Waals surface area contributed by atoms with E-state index in [1.807, 2.05) is 12.3 Å². The molecule has 0 aliphatic carbocycles. The first-order valence-corrected chi connectivity index (χ1v) is 6.23. The van der Waals surface area contributed by atoms with Crippen molar-refractivity contribution in [2.75, 3.05) is 34.0 Å². The highest BCUT2D eigenvalue weighted by atomic mass is 32.1. The maximum absolute atomic E-state index is 11.7. The van der Waals surface area contributed by atoms with E-state index in [0.717, 1.165) is 10.7 Å². The number of aromatic nitrogens is 1. The normalized spacial score (nSPS) is 10.5. The molecule has 0 saturated heterocycles. The summed E-state index contributed by atoms with van der Waals surface area (Å²) in [6, 6.07) is 0. The van der Waals surface area contributed by atoms with Crippen molar-refractivity contribution in [2.45, 2.75) is 13.5 Å². The van der Waals surface area contributed by atoms with Crippen LogP contribution in [0.25, 0.3) is 0 Å². The number of amides is 1. The van der Waals surface area contributed by atoms with Gasteiger partial charge in [-0.15, -0.1) is 11.3 Å². The zero-order chi connectivity index (χ0) is 12.7. The van der Waals surface area contributed by atoms with Crippen molar-refractivity contribution in [3.63, 3.8) is 0 Å². The van der Waals surface area contributed by atoms with Gasteiger partial charge >= 0.3 is 0 Å². The molecule has 1 amide bonds. The molecule has 0 unspecified atom stereocenters. The number of likely N-dealkylation sites (N-methyl/N-ethyl adjacent to an activating group) is 1. The molecule has 0 aliphatic heterocycles. The Morgan fingerprint density at radius 2 is 2.29 bits per heavy atom. The molecule has 5 nitrogen and oxygen atoms in total. The quantitative estimate of drug-likeness (QED) is 0.687. The van der Waals surface area contributed by atoms with Gasteiger partial charge in [-0.3, -0.25) is 4.79 Å². The number of carbonyl (C=O) groups is 1. The molecule has 17 heavy (non-hydrogen) atoms. The van der Waals surface area contributed by atoms with Crippen LogP contribution in [0.4, 0.5) is 0 Å². The van der Waals surface area contributed by atoms with Gasteiger partial charge in [-0.1, -0.05) is 0 Å². The number of thiazole rings is 1. The Hall–Kier alpha value is -0.980. The van der Waals surface area contributed by atoms with Crippen molar-refractivity contribution in [2.24, 2.45) is 0 Å². The number of ether oxygens (including phenoxy) is 2. The zero-order valence-electron chi connectivity index (χ0n) is 10.4. The van der Waals surface area contributed by atoms with Crippen molar-refractivity contribution in [3.8, 4) is 0 Å². The molecule has 0 bridgehead atoms. The highest BCUT2D eigenvalue weighted by Crippen LogP contribution is 2.09. The number of aryl methyl sites for hydroxylation is 1. The lowest BCUT2D eigenvalue weighted by Gasteiger charge is -2.15. The first kappa shape index (κ1) is 14.1.